The van der Waals surface area contributed by atoms with E-state index in [0.29, 0.717) is 29.7 Å². The van der Waals surface area contributed by atoms with Crippen molar-refractivity contribution < 1.29 is 4.74 Å². The summed E-state index contributed by atoms with van der Waals surface area (Å²) in [7, 11) is 0. The van der Waals surface area contributed by atoms with Crippen LogP contribution in [0.4, 0.5) is 0 Å². The van der Waals surface area contributed by atoms with Crippen LogP contribution in [0.5, 0.6) is 5.75 Å². The van der Waals surface area contributed by atoms with Crippen LogP contribution >= 0.6 is 11.6 Å². The Labute approximate surface area is 145 Å². The van der Waals surface area contributed by atoms with Gasteiger partial charge in [0.15, 0.2) is 0 Å². The number of hydrogen-bond donors (Lipinski definition) is 0. The Morgan fingerprint density at radius 2 is 1.71 bits per heavy atom. The largest absolute Gasteiger partial charge is 0.492 e. The zero-order valence-corrected chi connectivity index (χ0v) is 14.3. The number of hydrogen-bond acceptors (Lipinski definition) is 3. The molecule has 24 heavy (non-hydrogen) atoms. The lowest BCUT2D eigenvalue weighted by Gasteiger charge is -2.07. The lowest BCUT2D eigenvalue weighted by Crippen LogP contribution is -2.26. The summed E-state index contributed by atoms with van der Waals surface area (Å²) < 4.78 is 8.66. The van der Waals surface area contributed by atoms with Crippen LogP contribution in [0.1, 0.15) is 11.4 Å². The van der Waals surface area contributed by atoms with Gasteiger partial charge in [-0.25, -0.2) is 4.79 Å². The fourth-order valence-corrected chi connectivity index (χ4v) is 2.52. The molecule has 0 unspecified atom stereocenters. The van der Waals surface area contributed by atoms with Gasteiger partial charge in [-0.2, -0.15) is 9.78 Å². The second kappa shape index (κ2) is 6.93. The molecule has 0 saturated heterocycles. The molecule has 5 nitrogen and oxygen atoms in total. The molecule has 6 heteroatoms. The molecule has 0 bridgehead atoms. The number of aryl methyl sites for hydroxylation is 2. The van der Waals surface area contributed by atoms with Crippen molar-refractivity contribution in [3.8, 4) is 11.4 Å². The zero-order chi connectivity index (χ0) is 17.1. The molecule has 3 aromatic rings. The van der Waals surface area contributed by atoms with E-state index in [0.717, 1.165) is 5.75 Å². The van der Waals surface area contributed by atoms with Gasteiger partial charge in [-0.05, 0) is 50.2 Å². The van der Waals surface area contributed by atoms with Crippen molar-refractivity contribution >= 4 is 11.6 Å². The summed E-state index contributed by atoms with van der Waals surface area (Å²) in [5, 5.41) is 4.94. The Kier molecular flexibility index (Phi) is 4.71. The highest BCUT2D eigenvalue weighted by Gasteiger charge is 2.11. The molecule has 2 aromatic carbocycles. The van der Waals surface area contributed by atoms with Gasteiger partial charge in [0.2, 0.25) is 0 Å². The van der Waals surface area contributed by atoms with Crippen LogP contribution in [-0.4, -0.2) is 21.0 Å². The maximum atomic E-state index is 12.5. The molecule has 1 aromatic heterocycles. The van der Waals surface area contributed by atoms with Crippen molar-refractivity contribution in [2.24, 2.45) is 0 Å². The molecule has 124 valence electrons. The summed E-state index contributed by atoms with van der Waals surface area (Å²) >= 11 is 5.88. The van der Waals surface area contributed by atoms with E-state index in [1.54, 1.807) is 35.8 Å². The first-order valence-corrected chi connectivity index (χ1v) is 8.04. The predicted molar refractivity (Wildman–Crippen MR) is 94.2 cm³/mol. The van der Waals surface area contributed by atoms with Crippen molar-refractivity contribution in [3.05, 3.63) is 75.4 Å². The molecular formula is C18H18ClN3O2. The third-order valence-electron chi connectivity index (χ3n) is 3.72. The molecule has 0 saturated carbocycles. The first-order chi connectivity index (χ1) is 11.5. The van der Waals surface area contributed by atoms with Crippen LogP contribution in [0.2, 0.25) is 5.02 Å². The Morgan fingerprint density at radius 3 is 2.38 bits per heavy atom. The SMILES string of the molecule is Cc1ccc(OCCn2c(C)nn(-c3ccc(Cl)cc3)c2=O)cc1. The van der Waals surface area contributed by atoms with E-state index in [4.69, 9.17) is 16.3 Å². The van der Waals surface area contributed by atoms with Crippen molar-refractivity contribution in [2.75, 3.05) is 6.61 Å². The molecule has 0 aliphatic carbocycles. The highest BCUT2D eigenvalue weighted by molar-refractivity contribution is 6.30. The lowest BCUT2D eigenvalue weighted by molar-refractivity contribution is 0.295. The Balaban J connectivity index is 1.73. The zero-order valence-electron chi connectivity index (χ0n) is 13.6. The number of rotatable bonds is 5. The van der Waals surface area contributed by atoms with E-state index in [1.807, 2.05) is 31.2 Å². The van der Waals surface area contributed by atoms with Crippen LogP contribution in [0.25, 0.3) is 5.69 Å². The van der Waals surface area contributed by atoms with Crippen LogP contribution < -0.4 is 10.4 Å². The third-order valence-corrected chi connectivity index (χ3v) is 3.98. The van der Waals surface area contributed by atoms with Gasteiger partial charge in [0, 0.05) is 5.02 Å². The van der Waals surface area contributed by atoms with Gasteiger partial charge < -0.3 is 4.74 Å². The van der Waals surface area contributed by atoms with Gasteiger partial charge in [0.05, 0.1) is 12.2 Å². The average molecular weight is 344 g/mol. The Bertz CT molecular complexity index is 880. The van der Waals surface area contributed by atoms with E-state index >= 15 is 0 Å². The molecule has 0 spiro atoms. The fourth-order valence-electron chi connectivity index (χ4n) is 2.39. The maximum absolute atomic E-state index is 12.5. The van der Waals surface area contributed by atoms with Crippen molar-refractivity contribution in [3.63, 3.8) is 0 Å². The van der Waals surface area contributed by atoms with E-state index in [-0.39, 0.29) is 5.69 Å². The number of halogens is 1. The van der Waals surface area contributed by atoms with Crippen molar-refractivity contribution in [1.82, 2.24) is 14.3 Å². The van der Waals surface area contributed by atoms with Gasteiger partial charge in [-0.3, -0.25) is 4.57 Å². The highest BCUT2D eigenvalue weighted by Crippen LogP contribution is 2.13. The molecule has 0 amide bonds. The molecule has 1 heterocycles. The fraction of sp³-hybridized carbons (Fsp3) is 0.222. The Morgan fingerprint density at radius 1 is 1.04 bits per heavy atom. The highest BCUT2D eigenvalue weighted by atomic mass is 35.5. The van der Waals surface area contributed by atoms with Gasteiger partial charge in [-0.1, -0.05) is 29.3 Å². The predicted octanol–water partition coefficient (Wildman–Crippen LogP) is 3.38. The Hall–Kier alpha value is -2.53. The van der Waals surface area contributed by atoms with Crippen LogP contribution in [-0.2, 0) is 6.54 Å². The van der Waals surface area contributed by atoms with Gasteiger partial charge in [-0.15, -0.1) is 0 Å². The molecule has 3 rings (SSSR count). The second-order valence-corrected chi connectivity index (χ2v) is 5.97. The van der Waals surface area contributed by atoms with Crippen LogP contribution in [0.3, 0.4) is 0 Å². The number of ether oxygens (including phenoxy) is 1. The second-order valence-electron chi connectivity index (χ2n) is 5.53. The van der Waals surface area contributed by atoms with E-state index in [2.05, 4.69) is 5.10 Å². The minimum absolute atomic E-state index is 0.192. The topological polar surface area (TPSA) is 49.0 Å². The van der Waals surface area contributed by atoms with E-state index in [9.17, 15) is 4.79 Å². The van der Waals surface area contributed by atoms with Crippen LogP contribution in [0.15, 0.2) is 53.3 Å². The molecular weight excluding hydrogens is 326 g/mol. The van der Waals surface area contributed by atoms with Crippen molar-refractivity contribution in [2.45, 2.75) is 20.4 Å². The van der Waals surface area contributed by atoms with Crippen LogP contribution in [0, 0.1) is 13.8 Å². The number of benzene rings is 2. The molecule has 0 aliphatic rings. The van der Waals surface area contributed by atoms with E-state index in [1.165, 1.54) is 10.2 Å². The van der Waals surface area contributed by atoms with E-state index < -0.39 is 0 Å². The third kappa shape index (κ3) is 3.51. The minimum atomic E-state index is -0.192. The summed E-state index contributed by atoms with van der Waals surface area (Å²) in [6.45, 7) is 4.67. The molecule has 0 fully saturated rings. The number of nitrogens with zero attached hydrogens (tertiary/aromatic N) is 3. The first kappa shape index (κ1) is 16.3. The van der Waals surface area contributed by atoms with Gasteiger partial charge in [0.25, 0.3) is 0 Å². The maximum Gasteiger partial charge on any atom is 0.350 e. The molecule has 0 atom stereocenters. The normalized spacial score (nSPS) is 10.8. The molecule has 0 N–H and O–H groups in total. The molecule has 0 aliphatic heterocycles. The lowest BCUT2D eigenvalue weighted by atomic mass is 10.2. The average Bonchev–Trinajstić information content (AvgIpc) is 2.85. The summed E-state index contributed by atoms with van der Waals surface area (Å²) in [4.78, 5) is 12.5. The summed E-state index contributed by atoms with van der Waals surface area (Å²) in [5.41, 5.74) is 1.67. The smallest absolute Gasteiger partial charge is 0.350 e. The number of aromatic nitrogens is 3. The van der Waals surface area contributed by atoms with Crippen molar-refractivity contribution in [1.29, 1.82) is 0 Å². The van der Waals surface area contributed by atoms with Gasteiger partial charge >= 0.3 is 5.69 Å². The standard InChI is InChI=1S/C18H18ClN3O2/c1-13-3-9-17(10-4-13)24-12-11-21-14(2)20-22(18(21)23)16-7-5-15(19)6-8-16/h3-10H,11-12H2,1-2H3. The van der Waals surface area contributed by atoms with Gasteiger partial charge in [0.1, 0.15) is 18.2 Å². The quantitative estimate of drug-likeness (QED) is 0.713. The summed E-state index contributed by atoms with van der Waals surface area (Å²) in [5.74, 6) is 1.43. The molecule has 0 radical (unpaired) electrons. The summed E-state index contributed by atoms with van der Waals surface area (Å²) in [6.07, 6.45) is 0. The monoisotopic (exact) mass is 343 g/mol. The minimum Gasteiger partial charge on any atom is -0.492 e. The summed E-state index contributed by atoms with van der Waals surface area (Å²) in [6, 6.07) is 14.8. The first-order valence-electron chi connectivity index (χ1n) is 7.66.